The molecule has 0 saturated carbocycles. The van der Waals surface area contributed by atoms with Gasteiger partial charge in [0.1, 0.15) is 11.6 Å². The Bertz CT molecular complexity index is 568. The molecule has 4 nitrogen and oxygen atoms in total. The number of rotatable bonds is 8. The van der Waals surface area contributed by atoms with Crippen LogP contribution in [0.4, 0.5) is 8.78 Å². The van der Waals surface area contributed by atoms with Gasteiger partial charge in [-0.1, -0.05) is 13.8 Å². The molecule has 1 aromatic carbocycles. The average molecular weight is 363 g/mol. The van der Waals surface area contributed by atoms with Crippen molar-refractivity contribution in [3.63, 3.8) is 0 Å². The van der Waals surface area contributed by atoms with Gasteiger partial charge >= 0.3 is 0 Å². The van der Waals surface area contributed by atoms with Gasteiger partial charge in [0, 0.05) is 38.5 Å². The molecule has 24 heavy (non-hydrogen) atoms. The third-order valence-electron chi connectivity index (χ3n) is 3.88. The summed E-state index contributed by atoms with van der Waals surface area (Å²) < 4.78 is 26.3. The van der Waals surface area contributed by atoms with Crippen LogP contribution in [-0.4, -0.2) is 36.2 Å². The van der Waals surface area contributed by atoms with Crippen molar-refractivity contribution in [2.75, 3.05) is 13.6 Å². The highest BCUT2D eigenvalue weighted by atomic mass is 35.5. The van der Waals surface area contributed by atoms with E-state index in [4.69, 9.17) is 5.73 Å². The molecule has 0 aliphatic carbocycles. The molecule has 1 amide bonds. The van der Waals surface area contributed by atoms with Crippen LogP contribution >= 0.6 is 12.4 Å². The van der Waals surface area contributed by atoms with Gasteiger partial charge in [0.15, 0.2) is 5.78 Å². The molecular formula is C17H25ClF2N2O2. The van der Waals surface area contributed by atoms with Gasteiger partial charge in [-0.2, -0.15) is 0 Å². The quantitative estimate of drug-likeness (QED) is 0.722. The van der Waals surface area contributed by atoms with Gasteiger partial charge in [-0.25, -0.2) is 8.78 Å². The molecule has 0 saturated heterocycles. The van der Waals surface area contributed by atoms with E-state index >= 15 is 0 Å². The minimum atomic E-state index is -0.904. The standard InChI is InChI=1S/C17H24F2N2O2.ClH/c1-11(2)15(20)8-9-21(3)17(23)7-6-16(22)13-5-4-12(18)10-14(13)19;/h4-5,10-11,15H,6-9,20H2,1-3H3;1H. The zero-order valence-corrected chi connectivity index (χ0v) is 15.0. The lowest BCUT2D eigenvalue weighted by atomic mass is 10.0. The number of Topliss-reactive ketones (excluding diaryl/α,β-unsaturated/α-hetero) is 1. The second-order valence-electron chi connectivity index (χ2n) is 6.06. The molecule has 0 bridgehead atoms. The SMILES string of the molecule is CC(C)C(N)CCN(C)C(=O)CCC(=O)c1ccc(F)cc1F.Cl. The Morgan fingerprint density at radius 2 is 1.83 bits per heavy atom. The molecule has 1 aromatic rings. The van der Waals surface area contributed by atoms with Crippen LogP contribution in [0, 0.1) is 17.6 Å². The minimum absolute atomic E-state index is 0. The van der Waals surface area contributed by atoms with Crippen molar-refractivity contribution >= 4 is 24.1 Å². The second-order valence-corrected chi connectivity index (χ2v) is 6.06. The Morgan fingerprint density at radius 3 is 2.38 bits per heavy atom. The molecule has 0 spiro atoms. The number of benzene rings is 1. The van der Waals surface area contributed by atoms with E-state index in [0.717, 1.165) is 12.1 Å². The number of carbonyl (C=O) groups excluding carboxylic acids is 2. The van der Waals surface area contributed by atoms with Crippen LogP contribution in [0.1, 0.15) is 43.5 Å². The maximum Gasteiger partial charge on any atom is 0.222 e. The number of amides is 1. The zero-order valence-electron chi connectivity index (χ0n) is 14.2. The zero-order chi connectivity index (χ0) is 17.6. The monoisotopic (exact) mass is 362 g/mol. The van der Waals surface area contributed by atoms with E-state index in [2.05, 4.69) is 0 Å². The van der Waals surface area contributed by atoms with E-state index in [-0.39, 0.29) is 42.8 Å². The minimum Gasteiger partial charge on any atom is -0.346 e. The number of nitrogens with two attached hydrogens (primary N) is 1. The van der Waals surface area contributed by atoms with Crippen molar-refractivity contribution in [1.82, 2.24) is 4.90 Å². The van der Waals surface area contributed by atoms with Gasteiger partial charge in [-0.05, 0) is 24.5 Å². The number of hydrogen-bond donors (Lipinski definition) is 1. The van der Waals surface area contributed by atoms with Gasteiger partial charge in [-0.15, -0.1) is 12.4 Å². The summed E-state index contributed by atoms with van der Waals surface area (Å²) in [5, 5.41) is 0. The van der Waals surface area contributed by atoms with Crippen molar-refractivity contribution < 1.29 is 18.4 Å². The molecule has 136 valence electrons. The summed E-state index contributed by atoms with van der Waals surface area (Å²) in [6.07, 6.45) is 0.561. The summed E-state index contributed by atoms with van der Waals surface area (Å²) >= 11 is 0. The first-order valence-electron chi connectivity index (χ1n) is 7.70. The van der Waals surface area contributed by atoms with Crippen molar-refractivity contribution in [1.29, 1.82) is 0 Å². The van der Waals surface area contributed by atoms with Crippen molar-refractivity contribution in [3.05, 3.63) is 35.4 Å². The van der Waals surface area contributed by atoms with Crippen LogP contribution in [0.2, 0.25) is 0 Å². The first-order chi connectivity index (χ1) is 10.7. The topological polar surface area (TPSA) is 63.4 Å². The van der Waals surface area contributed by atoms with Gasteiger partial charge in [0.2, 0.25) is 5.91 Å². The Labute approximate surface area is 147 Å². The number of ketones is 1. The Balaban J connectivity index is 0.00000529. The van der Waals surface area contributed by atoms with Crippen LogP contribution in [0.25, 0.3) is 0 Å². The fraction of sp³-hybridized carbons (Fsp3) is 0.529. The van der Waals surface area contributed by atoms with E-state index < -0.39 is 17.4 Å². The first kappa shape index (κ1) is 22.5. The van der Waals surface area contributed by atoms with Gasteiger partial charge in [-0.3, -0.25) is 9.59 Å². The molecule has 0 fully saturated rings. The maximum absolute atomic E-state index is 13.5. The van der Waals surface area contributed by atoms with Gasteiger partial charge < -0.3 is 10.6 Å². The summed E-state index contributed by atoms with van der Waals surface area (Å²) in [4.78, 5) is 25.4. The molecule has 2 N–H and O–H groups in total. The lowest BCUT2D eigenvalue weighted by molar-refractivity contribution is -0.129. The van der Waals surface area contributed by atoms with Crippen molar-refractivity contribution in [2.24, 2.45) is 11.7 Å². The van der Waals surface area contributed by atoms with E-state index in [9.17, 15) is 18.4 Å². The highest BCUT2D eigenvalue weighted by Crippen LogP contribution is 2.13. The van der Waals surface area contributed by atoms with Crippen LogP contribution in [0.5, 0.6) is 0 Å². The highest BCUT2D eigenvalue weighted by Gasteiger charge is 2.17. The molecule has 1 atom stereocenters. The average Bonchev–Trinajstić information content (AvgIpc) is 2.49. The van der Waals surface area contributed by atoms with E-state index in [1.807, 2.05) is 13.8 Å². The number of carbonyl (C=O) groups is 2. The van der Waals surface area contributed by atoms with Crippen molar-refractivity contribution in [2.45, 2.75) is 39.2 Å². The van der Waals surface area contributed by atoms with Crippen molar-refractivity contribution in [3.8, 4) is 0 Å². The number of nitrogens with zero attached hydrogens (tertiary/aromatic N) is 1. The normalized spacial score (nSPS) is 11.8. The molecule has 1 rings (SSSR count). The molecule has 0 heterocycles. The Hall–Kier alpha value is -1.53. The molecule has 0 aliphatic rings. The van der Waals surface area contributed by atoms with Crippen LogP contribution < -0.4 is 5.73 Å². The molecular weight excluding hydrogens is 338 g/mol. The third kappa shape index (κ3) is 6.93. The highest BCUT2D eigenvalue weighted by molar-refractivity contribution is 5.98. The lowest BCUT2D eigenvalue weighted by Gasteiger charge is -2.21. The summed E-state index contributed by atoms with van der Waals surface area (Å²) in [7, 11) is 1.65. The first-order valence-corrected chi connectivity index (χ1v) is 7.70. The number of halogens is 3. The Kier molecular flexibility index (Phi) is 9.70. The van der Waals surface area contributed by atoms with E-state index in [0.29, 0.717) is 24.9 Å². The number of hydrogen-bond acceptors (Lipinski definition) is 3. The summed E-state index contributed by atoms with van der Waals surface area (Å²) in [5.74, 6) is -2.02. The predicted molar refractivity (Wildman–Crippen MR) is 92.2 cm³/mol. The molecule has 0 aromatic heterocycles. The third-order valence-corrected chi connectivity index (χ3v) is 3.88. The second kappa shape index (κ2) is 10.4. The smallest absolute Gasteiger partial charge is 0.222 e. The van der Waals surface area contributed by atoms with Crippen LogP contribution in [0.3, 0.4) is 0 Å². The largest absolute Gasteiger partial charge is 0.346 e. The summed E-state index contributed by atoms with van der Waals surface area (Å²) in [6.45, 7) is 4.54. The van der Waals surface area contributed by atoms with Gasteiger partial charge in [0.25, 0.3) is 0 Å². The maximum atomic E-state index is 13.5. The molecule has 0 radical (unpaired) electrons. The summed E-state index contributed by atoms with van der Waals surface area (Å²) in [6, 6.07) is 2.80. The van der Waals surface area contributed by atoms with Crippen LogP contribution in [0.15, 0.2) is 18.2 Å². The van der Waals surface area contributed by atoms with Gasteiger partial charge in [0.05, 0.1) is 5.56 Å². The van der Waals surface area contributed by atoms with E-state index in [1.54, 1.807) is 7.05 Å². The molecule has 0 aliphatic heterocycles. The molecule has 1 unspecified atom stereocenters. The fourth-order valence-electron chi connectivity index (χ4n) is 2.06. The lowest BCUT2D eigenvalue weighted by Crippen LogP contribution is -2.34. The van der Waals surface area contributed by atoms with Crippen LogP contribution in [-0.2, 0) is 4.79 Å². The fourth-order valence-corrected chi connectivity index (χ4v) is 2.06. The molecule has 7 heteroatoms. The predicted octanol–water partition coefficient (Wildman–Crippen LogP) is 3.18. The Morgan fingerprint density at radius 1 is 1.21 bits per heavy atom. The summed E-state index contributed by atoms with van der Waals surface area (Å²) in [5.41, 5.74) is 5.74. The van der Waals surface area contributed by atoms with E-state index in [1.165, 1.54) is 4.90 Å².